The van der Waals surface area contributed by atoms with Gasteiger partial charge in [-0.05, 0) is 19.1 Å². The van der Waals surface area contributed by atoms with Crippen LogP contribution >= 0.6 is 11.6 Å². The summed E-state index contributed by atoms with van der Waals surface area (Å²) in [5.41, 5.74) is 0.420. The molecular formula is C18H16ClF2N5O3. The number of aromatic amines is 1. The molecule has 11 heteroatoms. The molecule has 0 saturated carbocycles. The second-order valence-corrected chi connectivity index (χ2v) is 6.43. The number of hydrogen-bond acceptors (Lipinski definition) is 5. The first-order valence-corrected chi connectivity index (χ1v) is 8.91. The number of rotatable bonds is 6. The second kappa shape index (κ2) is 8.39. The van der Waals surface area contributed by atoms with Crippen LogP contribution in [0.2, 0.25) is 5.02 Å². The Morgan fingerprint density at radius 1 is 1.21 bits per heavy atom. The number of carbonyl (C=O) groups is 2. The van der Waals surface area contributed by atoms with Crippen LogP contribution in [0.1, 0.15) is 45.1 Å². The van der Waals surface area contributed by atoms with Crippen molar-refractivity contribution in [2.24, 2.45) is 0 Å². The third kappa shape index (κ3) is 4.60. The Hall–Kier alpha value is -3.27. The summed E-state index contributed by atoms with van der Waals surface area (Å²) in [6, 6.07) is 2.67. The van der Waals surface area contributed by atoms with Gasteiger partial charge in [-0.3, -0.25) is 14.7 Å². The van der Waals surface area contributed by atoms with E-state index in [0.717, 1.165) is 0 Å². The molecule has 0 spiro atoms. The topological polar surface area (TPSA) is 113 Å². The number of carbonyl (C=O) groups excluding carboxylic acids is 2. The van der Waals surface area contributed by atoms with E-state index in [0.29, 0.717) is 35.9 Å². The first-order chi connectivity index (χ1) is 13.8. The van der Waals surface area contributed by atoms with Gasteiger partial charge in [-0.15, -0.1) is 0 Å². The molecular weight excluding hydrogens is 408 g/mol. The Balaban J connectivity index is 1.64. The Labute approximate surface area is 168 Å². The highest BCUT2D eigenvalue weighted by molar-refractivity contribution is 6.34. The molecule has 3 rings (SSSR count). The maximum absolute atomic E-state index is 13.3. The molecule has 2 amide bonds. The first-order valence-electron chi connectivity index (χ1n) is 8.53. The van der Waals surface area contributed by atoms with Crippen LogP contribution in [0.25, 0.3) is 0 Å². The zero-order chi connectivity index (χ0) is 21.1. The largest absolute Gasteiger partial charge is 0.444 e. The highest BCUT2D eigenvalue weighted by atomic mass is 35.5. The number of aromatic nitrogens is 3. The van der Waals surface area contributed by atoms with Crippen molar-refractivity contribution in [2.45, 2.75) is 26.8 Å². The molecule has 0 aliphatic carbocycles. The lowest BCUT2D eigenvalue weighted by Gasteiger charge is -2.05. The molecule has 0 radical (unpaired) electrons. The molecule has 0 saturated heterocycles. The van der Waals surface area contributed by atoms with Gasteiger partial charge in [-0.25, -0.2) is 13.8 Å². The lowest BCUT2D eigenvalue weighted by Crippen LogP contribution is -2.23. The molecule has 8 nitrogen and oxygen atoms in total. The lowest BCUT2D eigenvalue weighted by atomic mass is 10.2. The molecule has 1 aromatic carbocycles. The van der Waals surface area contributed by atoms with Crippen LogP contribution in [-0.4, -0.2) is 27.0 Å². The average Bonchev–Trinajstić information content (AvgIpc) is 3.29. The molecule has 0 atom stereocenters. The molecule has 0 aliphatic rings. The number of nitrogens with one attached hydrogen (secondary N) is 3. The smallest absolute Gasteiger partial charge is 0.272 e. The number of amides is 2. The third-order valence-corrected chi connectivity index (χ3v) is 4.27. The van der Waals surface area contributed by atoms with E-state index in [1.54, 1.807) is 6.92 Å². The van der Waals surface area contributed by atoms with Crippen LogP contribution in [0.15, 0.2) is 22.6 Å². The van der Waals surface area contributed by atoms with E-state index in [1.165, 1.54) is 6.07 Å². The summed E-state index contributed by atoms with van der Waals surface area (Å²) in [6.07, 6.45) is 0.638. The minimum atomic E-state index is -1.21. The zero-order valence-corrected chi connectivity index (χ0v) is 16.2. The summed E-state index contributed by atoms with van der Waals surface area (Å²) in [6.45, 7) is 3.80. The van der Waals surface area contributed by atoms with E-state index in [9.17, 15) is 18.4 Å². The summed E-state index contributed by atoms with van der Waals surface area (Å²) in [7, 11) is 0. The number of nitrogens with zero attached hydrogens (tertiary/aromatic N) is 2. The van der Waals surface area contributed by atoms with Gasteiger partial charge in [0.05, 0.1) is 22.8 Å². The number of H-pyrrole nitrogens is 1. The van der Waals surface area contributed by atoms with Gasteiger partial charge in [0, 0.05) is 12.5 Å². The number of halogens is 3. The normalized spacial score (nSPS) is 10.8. The van der Waals surface area contributed by atoms with Gasteiger partial charge in [-0.2, -0.15) is 5.10 Å². The van der Waals surface area contributed by atoms with Crippen LogP contribution in [-0.2, 0) is 13.0 Å². The van der Waals surface area contributed by atoms with Crippen molar-refractivity contribution in [1.29, 1.82) is 0 Å². The van der Waals surface area contributed by atoms with Gasteiger partial charge < -0.3 is 15.1 Å². The Morgan fingerprint density at radius 3 is 2.62 bits per heavy atom. The van der Waals surface area contributed by atoms with Crippen molar-refractivity contribution < 1.29 is 22.8 Å². The summed E-state index contributed by atoms with van der Waals surface area (Å²) in [5.74, 6) is -2.50. The molecule has 0 fully saturated rings. The Bertz CT molecular complexity index is 1080. The predicted octanol–water partition coefficient (Wildman–Crippen LogP) is 3.38. The van der Waals surface area contributed by atoms with Gasteiger partial charge in [-0.1, -0.05) is 18.5 Å². The van der Waals surface area contributed by atoms with E-state index in [1.807, 2.05) is 6.92 Å². The fourth-order valence-electron chi connectivity index (χ4n) is 2.44. The van der Waals surface area contributed by atoms with E-state index >= 15 is 0 Å². The van der Waals surface area contributed by atoms with Gasteiger partial charge in [0.1, 0.15) is 11.6 Å². The Kier molecular flexibility index (Phi) is 5.92. The standard InChI is InChI=1S/C18H16ClF2N5O3/c1-3-16-23-8(2)14(29-16)7-22-18(28)13-6-15(26-25-13)24-17(27)9-4-11(20)12(21)5-10(9)19/h4-6H,3,7H2,1-2H3,(H,22,28)(H2,24,25,26,27). The third-order valence-electron chi connectivity index (χ3n) is 3.96. The monoisotopic (exact) mass is 423 g/mol. The maximum Gasteiger partial charge on any atom is 0.272 e. The van der Waals surface area contributed by atoms with Crippen LogP contribution in [0.3, 0.4) is 0 Å². The molecule has 0 unspecified atom stereocenters. The molecule has 0 bridgehead atoms. The molecule has 2 aromatic heterocycles. The number of oxazole rings is 1. The van der Waals surface area contributed by atoms with Crippen LogP contribution in [0.5, 0.6) is 0 Å². The fourth-order valence-corrected chi connectivity index (χ4v) is 2.68. The van der Waals surface area contributed by atoms with E-state index in [4.69, 9.17) is 16.0 Å². The van der Waals surface area contributed by atoms with Crippen molar-refractivity contribution in [1.82, 2.24) is 20.5 Å². The van der Waals surface area contributed by atoms with E-state index in [2.05, 4.69) is 25.8 Å². The zero-order valence-electron chi connectivity index (χ0n) is 15.4. The molecule has 29 heavy (non-hydrogen) atoms. The first kappa shape index (κ1) is 20.5. The number of hydrogen-bond donors (Lipinski definition) is 3. The summed E-state index contributed by atoms with van der Waals surface area (Å²) >= 11 is 5.77. The molecule has 0 aliphatic heterocycles. The van der Waals surface area contributed by atoms with E-state index < -0.39 is 23.4 Å². The van der Waals surface area contributed by atoms with Crippen molar-refractivity contribution >= 4 is 29.2 Å². The van der Waals surface area contributed by atoms with Crippen LogP contribution < -0.4 is 10.6 Å². The fraction of sp³-hybridized carbons (Fsp3) is 0.222. The van der Waals surface area contributed by atoms with Crippen LogP contribution in [0, 0.1) is 18.6 Å². The predicted molar refractivity (Wildman–Crippen MR) is 99.7 cm³/mol. The highest BCUT2D eigenvalue weighted by Gasteiger charge is 2.18. The summed E-state index contributed by atoms with van der Waals surface area (Å²) in [4.78, 5) is 28.7. The molecule has 152 valence electrons. The summed E-state index contributed by atoms with van der Waals surface area (Å²) in [5, 5.41) is 11.0. The maximum atomic E-state index is 13.3. The minimum Gasteiger partial charge on any atom is -0.444 e. The van der Waals surface area contributed by atoms with Crippen molar-refractivity contribution in [2.75, 3.05) is 5.32 Å². The minimum absolute atomic E-state index is 0.00423. The van der Waals surface area contributed by atoms with Gasteiger partial charge in [0.2, 0.25) is 0 Å². The van der Waals surface area contributed by atoms with Gasteiger partial charge >= 0.3 is 0 Å². The second-order valence-electron chi connectivity index (χ2n) is 6.02. The van der Waals surface area contributed by atoms with Crippen molar-refractivity contribution in [3.05, 3.63) is 63.5 Å². The van der Waals surface area contributed by atoms with Crippen LogP contribution in [0.4, 0.5) is 14.6 Å². The summed E-state index contributed by atoms with van der Waals surface area (Å²) < 4.78 is 32.0. The van der Waals surface area contributed by atoms with E-state index in [-0.39, 0.29) is 28.6 Å². The molecule has 3 aromatic rings. The Morgan fingerprint density at radius 2 is 1.93 bits per heavy atom. The lowest BCUT2D eigenvalue weighted by molar-refractivity contribution is 0.0942. The van der Waals surface area contributed by atoms with Crippen molar-refractivity contribution in [3.63, 3.8) is 0 Å². The number of anilines is 1. The molecule has 3 N–H and O–H groups in total. The number of aryl methyl sites for hydroxylation is 2. The van der Waals surface area contributed by atoms with Gasteiger partial charge in [0.15, 0.2) is 23.2 Å². The number of benzene rings is 1. The van der Waals surface area contributed by atoms with Crippen molar-refractivity contribution in [3.8, 4) is 0 Å². The SMILES string of the molecule is CCc1nc(C)c(CNC(=O)c2cc(NC(=O)c3cc(F)c(F)cc3Cl)[nH]n2)o1. The highest BCUT2D eigenvalue weighted by Crippen LogP contribution is 2.21. The quantitative estimate of drug-likeness (QED) is 0.526. The average molecular weight is 424 g/mol. The van der Waals surface area contributed by atoms with Gasteiger partial charge in [0.25, 0.3) is 11.8 Å². The molecule has 2 heterocycles.